The Kier molecular flexibility index (Phi) is 3.27. The molecule has 1 aliphatic rings. The van der Waals surface area contributed by atoms with Crippen molar-refractivity contribution in [2.24, 2.45) is 0 Å². The van der Waals surface area contributed by atoms with Gasteiger partial charge in [-0.15, -0.1) is 11.8 Å². The molecule has 0 saturated carbocycles. The average Bonchev–Trinajstić information content (AvgIpc) is 2.28. The highest BCUT2D eigenvalue weighted by atomic mass is 79.9. The van der Waals surface area contributed by atoms with Crippen molar-refractivity contribution in [3.05, 3.63) is 24.3 Å². The molecular weight excluding hydrogens is 298 g/mol. The topological polar surface area (TPSA) is 37.4 Å². The van der Waals surface area contributed by atoms with E-state index in [1.807, 2.05) is 24.3 Å². The molecule has 0 fully saturated rings. The fraction of sp³-hybridized carbons (Fsp3) is 0.333. The number of sulfonamides is 1. The number of hydrogen-bond donors (Lipinski definition) is 0. The Bertz CT molecular complexity index is 461. The summed E-state index contributed by atoms with van der Waals surface area (Å²) in [6, 6.07) is 7.59. The number of alkyl halides is 1. The van der Waals surface area contributed by atoms with Crippen molar-refractivity contribution >= 4 is 43.4 Å². The number of para-hydroxylation sites is 1. The van der Waals surface area contributed by atoms with Gasteiger partial charge in [-0.25, -0.2) is 8.42 Å². The van der Waals surface area contributed by atoms with Gasteiger partial charge in [0, 0.05) is 17.2 Å². The summed E-state index contributed by atoms with van der Waals surface area (Å²) in [6.45, 7) is 0.551. The molecule has 6 heteroatoms. The minimum absolute atomic E-state index is 0.0288. The Morgan fingerprint density at radius 1 is 1.40 bits per heavy atom. The van der Waals surface area contributed by atoms with Crippen LogP contribution in [0.25, 0.3) is 0 Å². The molecule has 0 atom stereocenters. The van der Waals surface area contributed by atoms with E-state index in [2.05, 4.69) is 15.9 Å². The second kappa shape index (κ2) is 4.35. The number of nitrogens with zero attached hydrogens (tertiary/aromatic N) is 1. The number of hydrogen-bond acceptors (Lipinski definition) is 3. The summed E-state index contributed by atoms with van der Waals surface area (Å²) in [6.07, 6.45) is 0. The molecule has 15 heavy (non-hydrogen) atoms. The predicted molar refractivity (Wildman–Crippen MR) is 67.2 cm³/mol. The van der Waals surface area contributed by atoms with Crippen LogP contribution in [0.5, 0.6) is 0 Å². The molecule has 2 rings (SSSR count). The van der Waals surface area contributed by atoms with Crippen molar-refractivity contribution in [1.29, 1.82) is 0 Å². The van der Waals surface area contributed by atoms with Crippen molar-refractivity contribution < 1.29 is 8.42 Å². The van der Waals surface area contributed by atoms with Gasteiger partial charge >= 0.3 is 0 Å². The Labute approximate surface area is 102 Å². The van der Waals surface area contributed by atoms with E-state index in [1.165, 1.54) is 4.31 Å². The summed E-state index contributed by atoms with van der Waals surface area (Å²) in [5.74, 6) is 0.809. The molecule has 82 valence electrons. The normalized spacial score (nSPS) is 16.2. The van der Waals surface area contributed by atoms with Gasteiger partial charge in [0.1, 0.15) is 4.66 Å². The molecule has 0 spiro atoms. The molecule has 1 aliphatic heterocycles. The van der Waals surface area contributed by atoms with E-state index in [0.29, 0.717) is 6.54 Å². The molecule has 1 aromatic carbocycles. The van der Waals surface area contributed by atoms with Gasteiger partial charge < -0.3 is 0 Å². The zero-order chi connectivity index (χ0) is 10.9. The summed E-state index contributed by atoms with van der Waals surface area (Å²) < 4.78 is 25.0. The average molecular weight is 308 g/mol. The monoisotopic (exact) mass is 307 g/mol. The SMILES string of the molecule is O=S(=O)(CBr)N1CCSc2ccccc21. The summed E-state index contributed by atoms with van der Waals surface area (Å²) >= 11 is 4.72. The number of halogens is 1. The van der Waals surface area contributed by atoms with Crippen molar-refractivity contribution in [1.82, 2.24) is 0 Å². The molecule has 0 aromatic heterocycles. The van der Waals surface area contributed by atoms with Crippen molar-refractivity contribution in [3.8, 4) is 0 Å². The Balaban J connectivity index is 2.47. The lowest BCUT2D eigenvalue weighted by atomic mass is 10.3. The number of fused-ring (bicyclic) bond motifs is 1. The number of anilines is 1. The second-order valence-corrected chi connectivity index (χ2v) is 7.44. The van der Waals surface area contributed by atoms with E-state index >= 15 is 0 Å². The van der Waals surface area contributed by atoms with Crippen LogP contribution in [0.2, 0.25) is 0 Å². The molecule has 1 heterocycles. The smallest absolute Gasteiger partial charge is 0.245 e. The van der Waals surface area contributed by atoms with E-state index in [9.17, 15) is 8.42 Å². The zero-order valence-corrected chi connectivity index (χ0v) is 11.1. The molecule has 1 aromatic rings. The summed E-state index contributed by atoms with van der Waals surface area (Å²) in [4.78, 5) is 1.04. The minimum Gasteiger partial charge on any atom is -0.268 e. The zero-order valence-electron chi connectivity index (χ0n) is 7.89. The fourth-order valence-electron chi connectivity index (χ4n) is 1.49. The Morgan fingerprint density at radius 2 is 2.13 bits per heavy atom. The largest absolute Gasteiger partial charge is 0.268 e. The minimum atomic E-state index is -3.20. The molecule has 0 unspecified atom stereocenters. The highest BCUT2D eigenvalue weighted by Crippen LogP contribution is 2.35. The van der Waals surface area contributed by atoms with Gasteiger partial charge in [0.15, 0.2) is 0 Å². The number of thioether (sulfide) groups is 1. The van der Waals surface area contributed by atoms with Gasteiger partial charge in [-0.2, -0.15) is 0 Å². The standard InChI is InChI=1S/C9H10BrNO2S2/c10-7-15(12,13)11-5-6-14-9-4-2-1-3-8(9)11/h1-4H,5-7H2. The second-order valence-electron chi connectivity index (χ2n) is 3.11. The lowest BCUT2D eigenvalue weighted by Gasteiger charge is -2.29. The van der Waals surface area contributed by atoms with Crippen LogP contribution in [-0.2, 0) is 10.0 Å². The number of rotatable bonds is 2. The molecule has 0 bridgehead atoms. The molecule has 0 amide bonds. The van der Waals surface area contributed by atoms with E-state index in [-0.39, 0.29) is 4.66 Å². The van der Waals surface area contributed by atoms with Crippen LogP contribution in [0.4, 0.5) is 5.69 Å². The molecule has 0 aliphatic carbocycles. The van der Waals surface area contributed by atoms with E-state index < -0.39 is 10.0 Å². The van der Waals surface area contributed by atoms with Crippen LogP contribution in [0.15, 0.2) is 29.2 Å². The van der Waals surface area contributed by atoms with Crippen LogP contribution < -0.4 is 4.31 Å². The van der Waals surface area contributed by atoms with Gasteiger partial charge in [0.2, 0.25) is 10.0 Å². The summed E-state index contributed by atoms with van der Waals surface area (Å²) in [5, 5.41) is 0. The van der Waals surface area contributed by atoms with Gasteiger partial charge in [0.05, 0.1) is 5.69 Å². The molecular formula is C9H10BrNO2S2. The van der Waals surface area contributed by atoms with Crippen LogP contribution in [0.3, 0.4) is 0 Å². The summed E-state index contributed by atoms with van der Waals surface area (Å²) in [7, 11) is -3.20. The third-order valence-corrected chi connectivity index (χ3v) is 6.26. The van der Waals surface area contributed by atoms with Crippen LogP contribution >= 0.6 is 27.7 Å². The van der Waals surface area contributed by atoms with Crippen LogP contribution in [0, 0.1) is 0 Å². The first-order valence-corrected chi connectivity index (χ1v) is 8.15. The summed E-state index contributed by atoms with van der Waals surface area (Å²) in [5.41, 5.74) is 0.799. The maximum Gasteiger partial charge on any atom is 0.245 e. The van der Waals surface area contributed by atoms with Gasteiger partial charge in [-0.3, -0.25) is 4.31 Å². The third kappa shape index (κ3) is 2.16. The maximum atomic E-state index is 11.8. The molecule has 3 nitrogen and oxygen atoms in total. The Hall–Kier alpha value is -0.200. The van der Waals surface area contributed by atoms with Gasteiger partial charge in [-0.05, 0) is 12.1 Å². The highest BCUT2D eigenvalue weighted by molar-refractivity contribution is 9.10. The van der Waals surface area contributed by atoms with Gasteiger partial charge in [-0.1, -0.05) is 28.1 Å². The van der Waals surface area contributed by atoms with Crippen molar-refractivity contribution in [2.45, 2.75) is 4.90 Å². The van der Waals surface area contributed by atoms with Crippen molar-refractivity contribution in [2.75, 3.05) is 21.3 Å². The van der Waals surface area contributed by atoms with E-state index in [0.717, 1.165) is 16.3 Å². The maximum absolute atomic E-state index is 11.8. The molecule has 0 saturated heterocycles. The third-order valence-electron chi connectivity index (χ3n) is 2.16. The quantitative estimate of drug-likeness (QED) is 0.787. The first-order chi connectivity index (χ1) is 7.15. The fourth-order valence-corrected chi connectivity index (χ4v) is 4.35. The van der Waals surface area contributed by atoms with Crippen LogP contribution in [0.1, 0.15) is 0 Å². The van der Waals surface area contributed by atoms with E-state index in [1.54, 1.807) is 11.8 Å². The molecule has 0 N–H and O–H groups in total. The van der Waals surface area contributed by atoms with Crippen molar-refractivity contribution in [3.63, 3.8) is 0 Å². The highest BCUT2D eigenvalue weighted by Gasteiger charge is 2.26. The predicted octanol–water partition coefficient (Wildman–Crippen LogP) is 2.28. The lowest BCUT2D eigenvalue weighted by Crippen LogP contribution is -2.35. The lowest BCUT2D eigenvalue weighted by molar-refractivity contribution is 0.596. The first-order valence-electron chi connectivity index (χ1n) is 4.43. The Morgan fingerprint density at radius 3 is 2.87 bits per heavy atom. The van der Waals surface area contributed by atoms with E-state index in [4.69, 9.17) is 0 Å². The molecule has 0 radical (unpaired) electrons. The van der Waals surface area contributed by atoms with Crippen LogP contribution in [-0.4, -0.2) is 25.4 Å². The number of benzene rings is 1. The first kappa shape index (κ1) is 11.3. The van der Waals surface area contributed by atoms with Gasteiger partial charge in [0.25, 0.3) is 0 Å².